The largest absolute Gasteiger partial charge is 0.492 e. The predicted molar refractivity (Wildman–Crippen MR) is 97.7 cm³/mol. The second-order valence-electron chi connectivity index (χ2n) is 5.56. The van der Waals surface area contributed by atoms with E-state index in [0.29, 0.717) is 6.61 Å². The molecule has 0 aliphatic carbocycles. The van der Waals surface area contributed by atoms with Crippen molar-refractivity contribution in [2.24, 2.45) is 0 Å². The number of hydrogen-bond donors (Lipinski definition) is 0. The molecule has 4 nitrogen and oxygen atoms in total. The van der Waals surface area contributed by atoms with E-state index >= 15 is 0 Å². The fraction of sp³-hybridized carbons (Fsp3) is 0.263. The lowest BCUT2D eigenvalue weighted by Crippen LogP contribution is -2.06. The van der Waals surface area contributed by atoms with Gasteiger partial charge in [0.25, 0.3) is 0 Å². The Kier molecular flexibility index (Phi) is 5.54. The highest BCUT2D eigenvalue weighted by Gasteiger charge is 2.10. The number of thioether (sulfide) groups is 1. The molecule has 3 rings (SSSR count). The van der Waals surface area contributed by atoms with Gasteiger partial charge in [0.15, 0.2) is 5.16 Å². The van der Waals surface area contributed by atoms with E-state index in [9.17, 15) is 0 Å². The monoisotopic (exact) mass is 339 g/mol. The third-order valence-electron chi connectivity index (χ3n) is 3.75. The van der Waals surface area contributed by atoms with Crippen molar-refractivity contribution in [3.63, 3.8) is 0 Å². The minimum Gasteiger partial charge on any atom is -0.492 e. The average Bonchev–Trinajstić information content (AvgIpc) is 2.94. The highest BCUT2D eigenvalue weighted by atomic mass is 32.2. The van der Waals surface area contributed by atoms with E-state index in [2.05, 4.69) is 52.0 Å². The van der Waals surface area contributed by atoms with Gasteiger partial charge in [0.2, 0.25) is 0 Å². The van der Waals surface area contributed by atoms with Gasteiger partial charge in [-0.25, -0.2) is 0 Å². The Labute approximate surface area is 146 Å². The maximum Gasteiger partial charge on any atom is 0.191 e. The van der Waals surface area contributed by atoms with Crippen LogP contribution in [0.2, 0.25) is 0 Å². The number of aromatic nitrogens is 3. The highest BCUT2D eigenvalue weighted by molar-refractivity contribution is 7.99. The zero-order valence-corrected chi connectivity index (χ0v) is 14.8. The molecule has 0 N–H and O–H groups in total. The Bertz CT molecular complexity index is 786. The number of aryl methyl sites for hydroxylation is 2. The standard InChI is InChI=1S/C19H21N3OS/c1-15-8-6-7-11-18(15)23-12-13-24-19-21-20-16(2)22(19)14-17-9-4-3-5-10-17/h3-11H,12-14H2,1-2H3. The van der Waals surface area contributed by atoms with E-state index in [0.717, 1.165) is 34.6 Å². The molecule has 0 fully saturated rings. The molecule has 0 saturated heterocycles. The summed E-state index contributed by atoms with van der Waals surface area (Å²) in [4.78, 5) is 0. The van der Waals surface area contributed by atoms with Gasteiger partial charge < -0.3 is 9.30 Å². The summed E-state index contributed by atoms with van der Waals surface area (Å²) in [5, 5.41) is 9.44. The van der Waals surface area contributed by atoms with E-state index in [4.69, 9.17) is 4.74 Å². The molecule has 2 aromatic carbocycles. The normalized spacial score (nSPS) is 10.8. The Morgan fingerprint density at radius 1 is 0.958 bits per heavy atom. The van der Waals surface area contributed by atoms with Crippen molar-refractivity contribution in [3.8, 4) is 5.75 Å². The Morgan fingerprint density at radius 3 is 2.50 bits per heavy atom. The summed E-state index contributed by atoms with van der Waals surface area (Å²) < 4.78 is 7.99. The van der Waals surface area contributed by atoms with Crippen molar-refractivity contribution in [2.75, 3.05) is 12.4 Å². The molecule has 5 heteroatoms. The Morgan fingerprint density at radius 2 is 1.71 bits per heavy atom. The summed E-state index contributed by atoms with van der Waals surface area (Å²) in [5.74, 6) is 2.71. The van der Waals surface area contributed by atoms with Crippen molar-refractivity contribution >= 4 is 11.8 Å². The molecule has 0 spiro atoms. The molecule has 0 saturated carbocycles. The van der Waals surface area contributed by atoms with Crippen LogP contribution in [0.4, 0.5) is 0 Å². The zero-order chi connectivity index (χ0) is 16.8. The van der Waals surface area contributed by atoms with Gasteiger partial charge in [0.1, 0.15) is 11.6 Å². The number of nitrogens with zero attached hydrogens (tertiary/aromatic N) is 3. The SMILES string of the molecule is Cc1ccccc1OCCSc1nnc(C)n1Cc1ccccc1. The topological polar surface area (TPSA) is 39.9 Å². The molecule has 24 heavy (non-hydrogen) atoms. The fourth-order valence-corrected chi connectivity index (χ4v) is 3.22. The van der Waals surface area contributed by atoms with Crippen LogP contribution in [0.5, 0.6) is 5.75 Å². The smallest absolute Gasteiger partial charge is 0.191 e. The first-order chi connectivity index (χ1) is 11.7. The minimum absolute atomic E-state index is 0.646. The number of hydrogen-bond acceptors (Lipinski definition) is 4. The molecular formula is C19H21N3OS. The van der Waals surface area contributed by atoms with Crippen molar-refractivity contribution < 1.29 is 4.74 Å². The van der Waals surface area contributed by atoms with Gasteiger partial charge >= 0.3 is 0 Å². The Hall–Kier alpha value is -2.27. The molecule has 3 aromatic rings. The van der Waals surface area contributed by atoms with Crippen LogP contribution >= 0.6 is 11.8 Å². The first-order valence-electron chi connectivity index (χ1n) is 7.99. The second-order valence-corrected chi connectivity index (χ2v) is 6.63. The molecule has 0 aliphatic heterocycles. The zero-order valence-electron chi connectivity index (χ0n) is 14.0. The second kappa shape index (κ2) is 8.02. The third-order valence-corrected chi connectivity index (χ3v) is 4.68. The first kappa shape index (κ1) is 16.6. The molecule has 0 radical (unpaired) electrons. The molecule has 0 amide bonds. The van der Waals surface area contributed by atoms with Crippen LogP contribution < -0.4 is 4.74 Å². The van der Waals surface area contributed by atoms with Crippen molar-refractivity contribution in [2.45, 2.75) is 25.5 Å². The van der Waals surface area contributed by atoms with Crippen LogP contribution in [0.25, 0.3) is 0 Å². The molecule has 0 bridgehead atoms. The van der Waals surface area contributed by atoms with Gasteiger partial charge in [-0.1, -0.05) is 60.3 Å². The van der Waals surface area contributed by atoms with Crippen LogP contribution in [0, 0.1) is 13.8 Å². The summed E-state index contributed by atoms with van der Waals surface area (Å²) in [6.07, 6.45) is 0. The van der Waals surface area contributed by atoms with Gasteiger partial charge in [0, 0.05) is 5.75 Å². The first-order valence-corrected chi connectivity index (χ1v) is 8.97. The van der Waals surface area contributed by atoms with Gasteiger partial charge in [-0.05, 0) is 31.0 Å². The van der Waals surface area contributed by atoms with Crippen molar-refractivity contribution in [1.29, 1.82) is 0 Å². The maximum absolute atomic E-state index is 5.85. The summed E-state index contributed by atoms with van der Waals surface area (Å²) in [7, 11) is 0. The van der Waals surface area contributed by atoms with Gasteiger partial charge in [-0.2, -0.15) is 0 Å². The summed E-state index contributed by atoms with van der Waals surface area (Å²) in [6.45, 7) is 5.49. The lowest BCUT2D eigenvalue weighted by Gasteiger charge is -2.10. The van der Waals surface area contributed by atoms with Crippen LogP contribution in [-0.2, 0) is 6.54 Å². The van der Waals surface area contributed by atoms with Crippen LogP contribution in [0.1, 0.15) is 17.0 Å². The number of para-hydroxylation sites is 1. The number of benzene rings is 2. The van der Waals surface area contributed by atoms with Crippen molar-refractivity contribution in [3.05, 3.63) is 71.5 Å². The van der Waals surface area contributed by atoms with Gasteiger partial charge in [0.05, 0.1) is 13.2 Å². The van der Waals surface area contributed by atoms with E-state index in [-0.39, 0.29) is 0 Å². The van der Waals surface area contributed by atoms with Crippen LogP contribution in [-0.4, -0.2) is 27.1 Å². The van der Waals surface area contributed by atoms with Gasteiger partial charge in [-0.15, -0.1) is 10.2 Å². The van der Waals surface area contributed by atoms with E-state index < -0.39 is 0 Å². The van der Waals surface area contributed by atoms with Crippen LogP contribution in [0.3, 0.4) is 0 Å². The van der Waals surface area contributed by atoms with E-state index in [1.165, 1.54) is 5.56 Å². The molecule has 0 unspecified atom stereocenters. The predicted octanol–water partition coefficient (Wildman–Crippen LogP) is 4.11. The summed E-state index contributed by atoms with van der Waals surface area (Å²) >= 11 is 1.68. The minimum atomic E-state index is 0.646. The lowest BCUT2D eigenvalue weighted by atomic mass is 10.2. The quantitative estimate of drug-likeness (QED) is 0.480. The molecule has 124 valence electrons. The molecule has 0 atom stereocenters. The lowest BCUT2D eigenvalue weighted by molar-refractivity contribution is 0.341. The van der Waals surface area contributed by atoms with E-state index in [1.54, 1.807) is 11.8 Å². The van der Waals surface area contributed by atoms with Gasteiger partial charge in [-0.3, -0.25) is 0 Å². The van der Waals surface area contributed by atoms with Crippen LogP contribution in [0.15, 0.2) is 59.8 Å². The molecule has 0 aliphatic rings. The molecule has 1 aromatic heterocycles. The molecule has 1 heterocycles. The summed E-state index contributed by atoms with van der Waals surface area (Å²) in [6, 6.07) is 18.5. The highest BCUT2D eigenvalue weighted by Crippen LogP contribution is 2.20. The van der Waals surface area contributed by atoms with Crippen molar-refractivity contribution in [1.82, 2.24) is 14.8 Å². The average molecular weight is 339 g/mol. The Balaban J connectivity index is 1.57. The van der Waals surface area contributed by atoms with E-state index in [1.807, 2.05) is 31.2 Å². The fourth-order valence-electron chi connectivity index (χ4n) is 2.42. The maximum atomic E-state index is 5.85. The third kappa shape index (κ3) is 4.17. The summed E-state index contributed by atoms with van der Waals surface area (Å²) in [5.41, 5.74) is 2.41. The molecular weight excluding hydrogens is 318 g/mol. The number of rotatable bonds is 7. The number of ether oxygens (including phenoxy) is 1.